The molecular formula is C20H16FNO4S. The Morgan fingerprint density at radius 2 is 1.96 bits per heavy atom. The number of rotatable bonds is 3. The second kappa shape index (κ2) is 7.67. The molecule has 1 heterocycles. The average molecular weight is 385 g/mol. The topological polar surface area (TPSA) is 79.1 Å². The van der Waals surface area contributed by atoms with Crippen LogP contribution in [0.4, 0.5) is 10.1 Å². The van der Waals surface area contributed by atoms with E-state index in [0.717, 1.165) is 11.8 Å². The highest BCUT2D eigenvalue weighted by Gasteiger charge is 2.33. The van der Waals surface area contributed by atoms with Crippen LogP contribution in [-0.2, 0) is 9.53 Å². The van der Waals surface area contributed by atoms with Crippen LogP contribution in [-0.4, -0.2) is 28.3 Å². The number of hydrogen-bond acceptors (Lipinski definition) is 6. The summed E-state index contributed by atoms with van der Waals surface area (Å²) in [5.74, 6) is -1.45. The molecule has 0 saturated carbocycles. The van der Waals surface area contributed by atoms with Crippen LogP contribution in [0.15, 0.2) is 63.7 Å². The number of nitrogens with zero attached hydrogens (tertiary/aromatic N) is 1. The van der Waals surface area contributed by atoms with Crippen LogP contribution in [0.5, 0.6) is 5.75 Å². The third-order valence-electron chi connectivity index (χ3n) is 3.87. The first kappa shape index (κ1) is 18.7. The van der Waals surface area contributed by atoms with Crippen LogP contribution in [0.3, 0.4) is 0 Å². The number of thioether (sulfide) groups is 1. The van der Waals surface area contributed by atoms with Crippen molar-refractivity contribution in [2.45, 2.75) is 6.92 Å². The van der Waals surface area contributed by atoms with Crippen LogP contribution in [0.25, 0.3) is 6.08 Å². The van der Waals surface area contributed by atoms with Crippen LogP contribution in [0.2, 0.25) is 0 Å². The lowest BCUT2D eigenvalue weighted by Gasteiger charge is -2.04. The molecule has 0 amide bonds. The second-order valence-electron chi connectivity index (χ2n) is 5.74. The number of methoxy groups -OCH3 is 1. The minimum absolute atomic E-state index is 0.0773. The number of carbonyl (C=O) groups is 1. The van der Waals surface area contributed by atoms with E-state index in [1.807, 2.05) is 0 Å². The van der Waals surface area contributed by atoms with Gasteiger partial charge in [0.15, 0.2) is 0 Å². The number of halogens is 1. The highest BCUT2D eigenvalue weighted by Crippen LogP contribution is 2.41. The Morgan fingerprint density at radius 1 is 1.22 bits per heavy atom. The third kappa shape index (κ3) is 3.88. The van der Waals surface area contributed by atoms with Crippen molar-refractivity contribution in [3.8, 4) is 5.75 Å². The number of carbonyl (C=O) groups excluding carboxylic acids is 1. The SMILES string of the molecule is COC(=O)C1=C(O)/C(=C\c2cccc(C)c2O)SC1=Nc1cccc(F)c1. The van der Waals surface area contributed by atoms with E-state index in [4.69, 9.17) is 4.74 Å². The van der Waals surface area contributed by atoms with Gasteiger partial charge in [-0.3, -0.25) is 0 Å². The molecule has 0 aliphatic carbocycles. The molecule has 0 radical (unpaired) electrons. The smallest absolute Gasteiger partial charge is 0.344 e. The zero-order chi connectivity index (χ0) is 19.6. The maximum absolute atomic E-state index is 13.4. The van der Waals surface area contributed by atoms with E-state index in [0.29, 0.717) is 21.7 Å². The van der Waals surface area contributed by atoms with E-state index in [1.54, 1.807) is 37.3 Å². The molecule has 0 atom stereocenters. The minimum atomic E-state index is -0.757. The Hall–Kier alpha value is -3.06. The second-order valence-corrected chi connectivity index (χ2v) is 6.77. The molecule has 0 spiro atoms. The molecule has 3 rings (SSSR count). The molecule has 1 aliphatic heterocycles. The maximum atomic E-state index is 13.4. The lowest BCUT2D eigenvalue weighted by molar-refractivity contribution is -0.135. The molecule has 0 unspecified atom stereocenters. The van der Waals surface area contributed by atoms with E-state index in [9.17, 15) is 19.4 Å². The van der Waals surface area contributed by atoms with Gasteiger partial charge in [-0.25, -0.2) is 14.2 Å². The summed E-state index contributed by atoms with van der Waals surface area (Å²) in [6, 6.07) is 10.8. The van der Waals surface area contributed by atoms with Crippen LogP contribution >= 0.6 is 11.8 Å². The number of hydrogen-bond donors (Lipinski definition) is 2. The summed E-state index contributed by atoms with van der Waals surface area (Å²) in [5, 5.41) is 20.9. The largest absolute Gasteiger partial charge is 0.507 e. The van der Waals surface area contributed by atoms with Crippen molar-refractivity contribution in [1.29, 1.82) is 0 Å². The molecule has 27 heavy (non-hydrogen) atoms. The number of aliphatic imine (C=N–C) groups is 1. The number of aliphatic hydroxyl groups excluding tert-OH is 1. The fourth-order valence-electron chi connectivity index (χ4n) is 2.49. The third-order valence-corrected chi connectivity index (χ3v) is 4.89. The summed E-state index contributed by atoms with van der Waals surface area (Å²) in [6.07, 6.45) is 1.55. The van der Waals surface area contributed by atoms with Gasteiger partial charge < -0.3 is 14.9 Å². The number of aromatic hydroxyl groups is 1. The standard InChI is InChI=1S/C20H16FNO4S/c1-11-5-3-6-12(17(11)23)9-15-18(24)16(20(25)26-2)19(27-15)22-14-8-4-7-13(21)10-14/h3-10,23-24H,1-2H3/b15-9+,22-19?. The Labute approximate surface area is 159 Å². The van der Waals surface area contributed by atoms with Gasteiger partial charge in [-0.15, -0.1) is 0 Å². The summed E-state index contributed by atoms with van der Waals surface area (Å²) in [7, 11) is 1.20. The highest BCUT2D eigenvalue weighted by molar-refractivity contribution is 8.18. The number of phenolic OH excluding ortho intramolecular Hbond substituents is 1. The molecule has 0 fully saturated rings. The molecule has 0 bridgehead atoms. The van der Waals surface area contributed by atoms with E-state index in [2.05, 4.69) is 4.99 Å². The Bertz CT molecular complexity index is 1010. The van der Waals surface area contributed by atoms with Gasteiger partial charge in [0, 0.05) is 5.56 Å². The monoisotopic (exact) mass is 385 g/mol. The molecule has 2 aromatic rings. The van der Waals surface area contributed by atoms with Crippen molar-refractivity contribution >= 4 is 34.5 Å². The molecule has 2 aromatic carbocycles. The predicted octanol–water partition coefficient (Wildman–Crippen LogP) is 4.64. The number of para-hydroxylation sites is 1. The van der Waals surface area contributed by atoms with E-state index in [1.165, 1.54) is 25.3 Å². The number of phenols is 1. The van der Waals surface area contributed by atoms with Gasteiger partial charge in [0.1, 0.15) is 27.9 Å². The van der Waals surface area contributed by atoms with Crippen molar-refractivity contribution in [3.63, 3.8) is 0 Å². The van der Waals surface area contributed by atoms with Crippen LogP contribution < -0.4 is 0 Å². The zero-order valence-electron chi connectivity index (χ0n) is 14.6. The Morgan fingerprint density at radius 3 is 2.67 bits per heavy atom. The number of aryl methyl sites for hydroxylation is 1. The molecular weight excluding hydrogens is 369 g/mol. The summed E-state index contributed by atoms with van der Waals surface area (Å²) < 4.78 is 18.2. The average Bonchev–Trinajstić information content (AvgIpc) is 2.93. The molecule has 7 heteroatoms. The van der Waals surface area contributed by atoms with E-state index in [-0.39, 0.29) is 22.1 Å². The fraction of sp³-hybridized carbons (Fsp3) is 0.100. The van der Waals surface area contributed by atoms with Crippen molar-refractivity contribution in [2.75, 3.05) is 7.11 Å². The number of benzene rings is 2. The molecule has 2 N–H and O–H groups in total. The zero-order valence-corrected chi connectivity index (χ0v) is 15.4. The summed E-state index contributed by atoms with van der Waals surface area (Å²) in [6.45, 7) is 1.76. The van der Waals surface area contributed by atoms with Gasteiger partial charge in [-0.1, -0.05) is 36.0 Å². The minimum Gasteiger partial charge on any atom is -0.507 e. The van der Waals surface area contributed by atoms with Crippen LogP contribution in [0.1, 0.15) is 11.1 Å². The van der Waals surface area contributed by atoms with Gasteiger partial charge in [0.25, 0.3) is 0 Å². The number of aliphatic hydroxyl groups is 1. The normalized spacial score (nSPS) is 17.0. The Kier molecular flexibility index (Phi) is 5.32. The van der Waals surface area contributed by atoms with Crippen molar-refractivity contribution in [3.05, 3.63) is 75.6 Å². The molecule has 0 aromatic heterocycles. The van der Waals surface area contributed by atoms with Crippen molar-refractivity contribution in [2.24, 2.45) is 4.99 Å². The van der Waals surface area contributed by atoms with Gasteiger partial charge in [-0.05, 0) is 36.8 Å². The molecule has 138 valence electrons. The first-order valence-electron chi connectivity index (χ1n) is 7.95. The van der Waals surface area contributed by atoms with Crippen molar-refractivity contribution in [1.82, 2.24) is 0 Å². The number of esters is 1. The Balaban J connectivity index is 2.09. The lowest BCUT2D eigenvalue weighted by Crippen LogP contribution is -2.10. The fourth-order valence-corrected chi connectivity index (χ4v) is 3.52. The number of ether oxygens (including phenoxy) is 1. The van der Waals surface area contributed by atoms with Gasteiger partial charge in [0.2, 0.25) is 0 Å². The predicted molar refractivity (Wildman–Crippen MR) is 104 cm³/mol. The van der Waals surface area contributed by atoms with Gasteiger partial charge in [-0.2, -0.15) is 0 Å². The van der Waals surface area contributed by atoms with Gasteiger partial charge >= 0.3 is 5.97 Å². The highest BCUT2D eigenvalue weighted by atomic mass is 32.2. The molecule has 5 nitrogen and oxygen atoms in total. The van der Waals surface area contributed by atoms with E-state index >= 15 is 0 Å². The summed E-state index contributed by atoms with van der Waals surface area (Å²) in [4.78, 5) is 16.7. The summed E-state index contributed by atoms with van der Waals surface area (Å²) in [5.41, 5.74) is 1.36. The molecule has 0 saturated heterocycles. The maximum Gasteiger partial charge on any atom is 0.344 e. The quantitative estimate of drug-likeness (QED) is 0.753. The van der Waals surface area contributed by atoms with Gasteiger partial charge in [0.05, 0.1) is 17.7 Å². The first-order chi connectivity index (χ1) is 12.9. The lowest BCUT2D eigenvalue weighted by atomic mass is 10.1. The van der Waals surface area contributed by atoms with E-state index < -0.39 is 11.8 Å². The first-order valence-corrected chi connectivity index (χ1v) is 8.77. The van der Waals surface area contributed by atoms with Crippen molar-refractivity contribution < 1.29 is 24.1 Å². The summed E-state index contributed by atoms with van der Waals surface area (Å²) >= 11 is 1.03. The molecule has 1 aliphatic rings. The van der Waals surface area contributed by atoms with Crippen LogP contribution in [0, 0.1) is 12.7 Å².